The van der Waals surface area contributed by atoms with Gasteiger partial charge >= 0.3 is 0 Å². The maximum Gasteiger partial charge on any atom is 0.154 e. The minimum Gasteiger partial charge on any atom is -0.331 e. The van der Waals surface area contributed by atoms with Crippen molar-refractivity contribution in [2.75, 3.05) is 4.90 Å². The summed E-state index contributed by atoms with van der Waals surface area (Å²) in [5.41, 5.74) is 13.2. The fraction of sp³-hybridized carbons (Fsp3) is 0.125. The maximum absolute atomic E-state index is 17.3. The smallest absolute Gasteiger partial charge is 0.154 e. The van der Waals surface area contributed by atoms with Crippen LogP contribution in [0.25, 0.3) is 44.5 Å². The highest BCUT2D eigenvalue weighted by Gasteiger charge is 2.52. The molecule has 2 aliphatic carbocycles. The van der Waals surface area contributed by atoms with E-state index in [-0.39, 0.29) is 11.6 Å². The Morgan fingerprint density at radius 2 is 1.02 bits per heavy atom. The number of anilines is 2. The Hall–Kier alpha value is -5.80. The highest BCUT2D eigenvalue weighted by molar-refractivity contribution is 6.00. The second kappa shape index (κ2) is 11.4. The van der Waals surface area contributed by atoms with E-state index in [1.165, 1.54) is 45.0 Å². The minimum absolute atomic E-state index is 0.330. The molecule has 0 saturated heterocycles. The first-order chi connectivity index (χ1) is 24.7. The van der Waals surface area contributed by atoms with Gasteiger partial charge in [-0.25, -0.2) is 8.78 Å². The van der Waals surface area contributed by atoms with E-state index in [2.05, 4.69) is 91.0 Å². The zero-order valence-electron chi connectivity index (χ0n) is 29.1. The highest BCUT2D eigenvalue weighted by Crippen LogP contribution is 2.64. The van der Waals surface area contributed by atoms with Gasteiger partial charge in [-0.2, -0.15) is 0 Å². The molecule has 9 rings (SSSR count). The lowest BCUT2D eigenvalue weighted by atomic mass is 9.70. The molecule has 1 nitrogen and oxygen atoms in total. The lowest BCUT2D eigenvalue weighted by Gasteiger charge is -2.39. The zero-order valence-corrected chi connectivity index (χ0v) is 29.1. The number of benzene rings is 7. The van der Waals surface area contributed by atoms with Crippen molar-refractivity contribution in [3.8, 4) is 44.5 Å². The molecule has 51 heavy (non-hydrogen) atoms. The van der Waals surface area contributed by atoms with E-state index in [1.807, 2.05) is 81.1 Å². The lowest BCUT2D eigenvalue weighted by molar-refractivity contribution is 0.527. The molecule has 0 aliphatic heterocycles. The highest BCUT2D eigenvalue weighted by atomic mass is 19.1. The number of hydrogen-bond acceptors (Lipinski definition) is 1. The third-order valence-corrected chi connectivity index (χ3v) is 10.7. The molecule has 248 valence electrons. The van der Waals surface area contributed by atoms with E-state index in [0.717, 1.165) is 27.8 Å². The average molecular weight is 666 g/mol. The van der Waals surface area contributed by atoms with Crippen LogP contribution in [0.5, 0.6) is 0 Å². The maximum atomic E-state index is 17.3. The van der Waals surface area contributed by atoms with Crippen molar-refractivity contribution in [1.29, 1.82) is 0 Å². The van der Waals surface area contributed by atoms with Crippen LogP contribution in [0.3, 0.4) is 0 Å². The second-order valence-electron chi connectivity index (χ2n) is 14.8. The molecular weight excluding hydrogens is 629 g/mol. The normalized spacial score (nSPS) is 13.5. The predicted octanol–water partition coefficient (Wildman–Crippen LogP) is 12.9. The lowest BCUT2D eigenvalue weighted by Crippen LogP contribution is -2.38. The molecule has 0 radical (unpaired) electrons. The standard InChI is InChI=1S/C48H37F2N/c1-30-25-26-43(42(49)27-30)51(47(2,3)4)44-29-32(28-37(46(44)50)31-15-6-5-7-16-31)33-20-14-24-41-45(33)36-19-10-13-23-40(36)48(41)38-21-11-8-17-34(38)35-18-9-12-22-39(35)48/h5-29H,1-4H3. The van der Waals surface area contributed by atoms with Crippen molar-refractivity contribution in [3.63, 3.8) is 0 Å². The number of nitrogens with zero attached hydrogens (tertiary/aromatic N) is 1. The Labute approximate surface area is 298 Å². The topological polar surface area (TPSA) is 3.24 Å². The Bertz CT molecular complexity index is 2460. The van der Waals surface area contributed by atoms with Crippen molar-refractivity contribution in [1.82, 2.24) is 0 Å². The summed E-state index contributed by atoms with van der Waals surface area (Å²) in [6.45, 7) is 7.85. The summed E-state index contributed by atoms with van der Waals surface area (Å²) in [6.07, 6.45) is 0. The zero-order chi connectivity index (χ0) is 35.1. The van der Waals surface area contributed by atoms with E-state index in [1.54, 1.807) is 6.07 Å². The van der Waals surface area contributed by atoms with Crippen molar-refractivity contribution >= 4 is 11.4 Å². The van der Waals surface area contributed by atoms with Gasteiger partial charge < -0.3 is 4.90 Å². The van der Waals surface area contributed by atoms with Crippen LogP contribution in [-0.2, 0) is 5.41 Å². The predicted molar refractivity (Wildman–Crippen MR) is 207 cm³/mol. The quantitative estimate of drug-likeness (QED) is 0.181. The molecule has 0 atom stereocenters. The molecule has 1 spiro atoms. The largest absolute Gasteiger partial charge is 0.331 e. The van der Waals surface area contributed by atoms with Crippen LogP contribution in [0.15, 0.2) is 152 Å². The summed E-state index contributed by atoms with van der Waals surface area (Å²) in [5, 5.41) is 0. The summed E-state index contributed by atoms with van der Waals surface area (Å²) in [6, 6.07) is 51.6. The fourth-order valence-electron chi connectivity index (χ4n) is 8.79. The second-order valence-corrected chi connectivity index (χ2v) is 14.8. The van der Waals surface area contributed by atoms with Gasteiger partial charge in [0, 0.05) is 11.1 Å². The van der Waals surface area contributed by atoms with Gasteiger partial charge in [-0.1, -0.05) is 127 Å². The fourth-order valence-corrected chi connectivity index (χ4v) is 8.79. The molecule has 0 fully saturated rings. The summed E-state index contributed by atoms with van der Waals surface area (Å²) in [4.78, 5) is 1.81. The molecule has 0 unspecified atom stereocenters. The van der Waals surface area contributed by atoms with Crippen LogP contribution in [-0.4, -0.2) is 5.54 Å². The van der Waals surface area contributed by atoms with Crippen LogP contribution in [0.1, 0.15) is 48.6 Å². The molecule has 0 saturated carbocycles. The molecule has 7 aromatic rings. The molecule has 3 heteroatoms. The van der Waals surface area contributed by atoms with E-state index in [4.69, 9.17) is 0 Å². The van der Waals surface area contributed by atoms with Gasteiger partial charge in [-0.05, 0) is 119 Å². The Kier molecular flexibility index (Phi) is 6.95. The van der Waals surface area contributed by atoms with Gasteiger partial charge in [0.2, 0.25) is 0 Å². The van der Waals surface area contributed by atoms with E-state index in [0.29, 0.717) is 16.9 Å². The molecule has 0 bridgehead atoms. The Balaban J connectivity index is 1.37. The van der Waals surface area contributed by atoms with E-state index < -0.39 is 11.0 Å². The van der Waals surface area contributed by atoms with Crippen LogP contribution in [0, 0.1) is 18.6 Å². The number of hydrogen-bond donors (Lipinski definition) is 0. The van der Waals surface area contributed by atoms with Crippen molar-refractivity contribution in [2.45, 2.75) is 38.6 Å². The molecule has 0 N–H and O–H groups in total. The van der Waals surface area contributed by atoms with Crippen molar-refractivity contribution in [2.24, 2.45) is 0 Å². The number of halogens is 2. The van der Waals surface area contributed by atoms with Gasteiger partial charge in [0.25, 0.3) is 0 Å². The molecule has 0 amide bonds. The first kappa shape index (κ1) is 31.2. The Morgan fingerprint density at radius 1 is 0.471 bits per heavy atom. The van der Waals surface area contributed by atoms with Crippen LogP contribution >= 0.6 is 0 Å². The molecule has 2 aliphatic rings. The monoisotopic (exact) mass is 665 g/mol. The molecule has 0 heterocycles. The van der Waals surface area contributed by atoms with Gasteiger partial charge in [-0.3, -0.25) is 0 Å². The van der Waals surface area contributed by atoms with Crippen molar-refractivity contribution < 1.29 is 8.78 Å². The molecule has 7 aromatic carbocycles. The SMILES string of the molecule is Cc1ccc(N(c2cc(-c3cccc4c3-c3ccccc3C43c4ccccc4-c4ccccc43)cc(-c3ccccc3)c2F)C(C)(C)C)c(F)c1. The summed E-state index contributed by atoms with van der Waals surface area (Å²) in [7, 11) is 0. The minimum atomic E-state index is -0.657. The number of rotatable bonds is 4. The van der Waals surface area contributed by atoms with Gasteiger partial charge in [0.15, 0.2) is 5.82 Å². The average Bonchev–Trinajstić information content (AvgIpc) is 3.61. The summed E-state index contributed by atoms with van der Waals surface area (Å²) >= 11 is 0. The third-order valence-electron chi connectivity index (χ3n) is 10.7. The van der Waals surface area contributed by atoms with Crippen molar-refractivity contribution in [3.05, 3.63) is 191 Å². The van der Waals surface area contributed by atoms with E-state index >= 15 is 8.78 Å². The third kappa shape index (κ3) is 4.50. The van der Waals surface area contributed by atoms with E-state index in [9.17, 15) is 0 Å². The van der Waals surface area contributed by atoms with Crippen LogP contribution < -0.4 is 4.90 Å². The van der Waals surface area contributed by atoms with Gasteiger partial charge in [0.05, 0.1) is 16.8 Å². The summed E-state index contributed by atoms with van der Waals surface area (Å²) in [5.74, 6) is -0.769. The van der Waals surface area contributed by atoms with Gasteiger partial charge in [-0.15, -0.1) is 0 Å². The Morgan fingerprint density at radius 3 is 1.65 bits per heavy atom. The van der Waals surface area contributed by atoms with Gasteiger partial charge in [0.1, 0.15) is 5.82 Å². The van der Waals surface area contributed by atoms with Crippen LogP contribution in [0.2, 0.25) is 0 Å². The number of aryl methyl sites for hydroxylation is 1. The van der Waals surface area contributed by atoms with Crippen LogP contribution in [0.4, 0.5) is 20.2 Å². The molecular formula is C48H37F2N. The first-order valence-electron chi connectivity index (χ1n) is 17.6. The molecule has 0 aromatic heterocycles. The number of fused-ring (bicyclic) bond motifs is 10. The summed E-state index contributed by atoms with van der Waals surface area (Å²) < 4.78 is 33.1. The first-order valence-corrected chi connectivity index (χ1v) is 17.6.